The minimum atomic E-state index is -0.787. The van der Waals surface area contributed by atoms with Crippen LogP contribution in [0.25, 0.3) is 50.3 Å². The molecule has 0 radical (unpaired) electrons. The number of hydrogen-bond donors (Lipinski definition) is 2. The van der Waals surface area contributed by atoms with Gasteiger partial charge in [-0.15, -0.1) is 0 Å². The van der Waals surface area contributed by atoms with E-state index in [1.165, 1.54) is 0 Å². The van der Waals surface area contributed by atoms with Crippen molar-refractivity contribution in [1.29, 1.82) is 5.26 Å². The molecule has 12 heteroatoms. The van der Waals surface area contributed by atoms with Crippen molar-refractivity contribution in [2.75, 3.05) is 40.4 Å². The van der Waals surface area contributed by atoms with Gasteiger partial charge in [-0.1, -0.05) is 24.3 Å². The van der Waals surface area contributed by atoms with Crippen molar-refractivity contribution in [3.8, 4) is 45.8 Å². The highest BCUT2D eigenvalue weighted by atomic mass is 16.5. The fourth-order valence-electron chi connectivity index (χ4n) is 8.08. The van der Waals surface area contributed by atoms with E-state index in [9.17, 15) is 20.3 Å². The molecule has 6 aromatic rings. The summed E-state index contributed by atoms with van der Waals surface area (Å²) in [6, 6.07) is 22.1. The van der Waals surface area contributed by atoms with Crippen molar-refractivity contribution in [2.24, 2.45) is 5.41 Å². The van der Waals surface area contributed by atoms with Gasteiger partial charge in [-0.25, -0.2) is 9.67 Å². The maximum atomic E-state index is 11.8. The monoisotopic (exact) mass is 726 g/mol. The summed E-state index contributed by atoms with van der Waals surface area (Å²) in [4.78, 5) is 21.0. The lowest BCUT2D eigenvalue weighted by Gasteiger charge is -2.20. The number of benzene rings is 4. The number of aliphatic carboxylic acids is 1. The minimum Gasteiger partial charge on any atom is -0.496 e. The molecule has 0 unspecified atom stereocenters. The molecule has 276 valence electrons. The molecule has 0 bridgehead atoms. The summed E-state index contributed by atoms with van der Waals surface area (Å²) >= 11 is 0. The number of fused-ring (bicyclic) bond motifs is 2. The highest BCUT2D eigenvalue weighted by Crippen LogP contribution is 2.39. The molecule has 0 aliphatic carbocycles. The Bertz CT molecular complexity index is 2440. The van der Waals surface area contributed by atoms with Gasteiger partial charge in [0, 0.05) is 55.8 Å². The summed E-state index contributed by atoms with van der Waals surface area (Å²) in [5.74, 6) is 1.01. The molecule has 12 nitrogen and oxygen atoms in total. The van der Waals surface area contributed by atoms with Crippen LogP contribution < -0.4 is 9.47 Å². The first-order valence-corrected chi connectivity index (χ1v) is 18.1. The van der Waals surface area contributed by atoms with Gasteiger partial charge in [0.1, 0.15) is 23.1 Å². The molecule has 2 aromatic heterocycles. The van der Waals surface area contributed by atoms with Crippen LogP contribution in [-0.2, 0) is 17.9 Å². The van der Waals surface area contributed by atoms with E-state index in [0.29, 0.717) is 73.2 Å². The molecular weight excluding hydrogens is 684 g/mol. The van der Waals surface area contributed by atoms with Gasteiger partial charge in [0.2, 0.25) is 5.89 Å². The van der Waals surface area contributed by atoms with Gasteiger partial charge in [-0.2, -0.15) is 10.4 Å². The quantitative estimate of drug-likeness (QED) is 0.158. The largest absolute Gasteiger partial charge is 0.496 e. The van der Waals surface area contributed by atoms with Crippen LogP contribution in [-0.4, -0.2) is 87.2 Å². The molecule has 0 spiro atoms. The Labute approximate surface area is 312 Å². The van der Waals surface area contributed by atoms with Crippen molar-refractivity contribution in [1.82, 2.24) is 24.6 Å². The van der Waals surface area contributed by atoms with Crippen LogP contribution in [0.3, 0.4) is 0 Å². The Kier molecular flexibility index (Phi) is 9.09. The Morgan fingerprint density at radius 1 is 1.02 bits per heavy atom. The lowest BCUT2D eigenvalue weighted by atomic mass is 9.90. The molecule has 2 aliphatic rings. The van der Waals surface area contributed by atoms with Crippen LogP contribution in [0.4, 0.5) is 0 Å². The van der Waals surface area contributed by atoms with Gasteiger partial charge in [0.15, 0.2) is 5.58 Å². The number of nitrogens with zero attached hydrogens (tertiary/aromatic N) is 6. The number of aromatic nitrogens is 3. The Balaban J connectivity index is 1.12. The van der Waals surface area contributed by atoms with Crippen LogP contribution >= 0.6 is 0 Å². The number of rotatable bonds is 10. The second kappa shape index (κ2) is 13.9. The summed E-state index contributed by atoms with van der Waals surface area (Å²) in [5, 5.41) is 35.6. The first kappa shape index (κ1) is 35.3. The lowest BCUT2D eigenvalue weighted by Crippen LogP contribution is -2.31. The molecule has 54 heavy (non-hydrogen) atoms. The van der Waals surface area contributed by atoms with Crippen molar-refractivity contribution in [3.05, 3.63) is 89.1 Å². The Hall–Kier alpha value is -5.74. The number of β-amino-alcohol motifs (C(OH)–C–C–N with tert-alkyl or cyclic N) is 1. The number of carbonyl (C=O) groups is 1. The standard InChI is InChI=1S/C42H42N6O6/c1-25-30(7-5-8-31(25)40-45-35-16-26(15-27(19-43)39(35)54-40)21-47-14-12-42(2,24-47)41(50)51)32-9-6-10-36-33(32)20-44-48(36)28-17-37(52-3)34(38(18-28)53-4)23-46-13-11-29(49)22-46/h5-10,15-18,20,29,49H,11-14,21-24H2,1-4H3,(H,50,51)/t29-,42-/m1/s1. The fourth-order valence-corrected chi connectivity index (χ4v) is 8.08. The number of methoxy groups -OCH3 is 2. The molecule has 2 saturated heterocycles. The van der Waals surface area contributed by atoms with Crippen molar-refractivity contribution in [3.63, 3.8) is 0 Å². The van der Waals surface area contributed by atoms with Gasteiger partial charge in [0.05, 0.1) is 54.3 Å². The summed E-state index contributed by atoms with van der Waals surface area (Å²) in [7, 11) is 3.30. The molecule has 0 saturated carbocycles. The highest BCUT2D eigenvalue weighted by molar-refractivity contribution is 5.97. The fraction of sp³-hybridized carbons (Fsp3) is 0.333. The molecule has 2 N–H and O–H groups in total. The van der Waals surface area contributed by atoms with Gasteiger partial charge >= 0.3 is 5.97 Å². The van der Waals surface area contributed by atoms with Crippen LogP contribution in [0.1, 0.15) is 42.0 Å². The van der Waals surface area contributed by atoms with E-state index in [2.05, 4.69) is 28.0 Å². The normalized spacial score (nSPS) is 19.1. The number of nitriles is 1. The Morgan fingerprint density at radius 3 is 2.44 bits per heavy atom. The Morgan fingerprint density at radius 2 is 1.76 bits per heavy atom. The smallest absolute Gasteiger partial charge is 0.310 e. The number of aliphatic hydroxyl groups excluding tert-OH is 1. The molecule has 0 amide bonds. The van der Waals surface area contributed by atoms with E-state index in [-0.39, 0.29) is 6.10 Å². The van der Waals surface area contributed by atoms with E-state index in [0.717, 1.165) is 62.9 Å². The zero-order chi connectivity index (χ0) is 37.7. The topological polar surface area (TPSA) is 150 Å². The van der Waals surface area contributed by atoms with Crippen LogP contribution in [0.5, 0.6) is 11.5 Å². The summed E-state index contributed by atoms with van der Waals surface area (Å²) in [5.41, 5.74) is 7.92. The lowest BCUT2D eigenvalue weighted by molar-refractivity contribution is -0.147. The van der Waals surface area contributed by atoms with Gasteiger partial charge in [-0.3, -0.25) is 14.6 Å². The molecule has 2 fully saturated rings. The van der Waals surface area contributed by atoms with Crippen molar-refractivity contribution in [2.45, 2.75) is 45.9 Å². The predicted octanol–water partition coefficient (Wildman–Crippen LogP) is 6.56. The number of carboxylic acids is 1. The molecular formula is C42H42N6O6. The third kappa shape index (κ3) is 6.24. The third-order valence-corrected chi connectivity index (χ3v) is 11.1. The van der Waals surface area contributed by atoms with Gasteiger partial charge < -0.3 is 24.1 Å². The van der Waals surface area contributed by atoms with E-state index < -0.39 is 11.4 Å². The van der Waals surface area contributed by atoms with Gasteiger partial charge in [-0.05, 0) is 79.8 Å². The molecule has 2 atom stereocenters. The van der Waals surface area contributed by atoms with E-state index >= 15 is 0 Å². The van der Waals surface area contributed by atoms with Crippen LogP contribution in [0, 0.1) is 23.7 Å². The molecule has 8 rings (SSSR count). The van der Waals surface area contributed by atoms with Crippen molar-refractivity contribution >= 4 is 28.0 Å². The summed E-state index contributed by atoms with van der Waals surface area (Å²) < 4.78 is 19.9. The number of oxazole rings is 1. The first-order valence-electron chi connectivity index (χ1n) is 18.1. The molecule has 4 heterocycles. The number of aliphatic hydroxyl groups is 1. The zero-order valence-electron chi connectivity index (χ0n) is 30.8. The zero-order valence-corrected chi connectivity index (χ0v) is 30.8. The summed E-state index contributed by atoms with van der Waals surface area (Å²) in [6.07, 6.45) is 2.88. The minimum absolute atomic E-state index is 0.318. The number of carboxylic acid groups (broad SMARTS) is 1. The summed E-state index contributed by atoms with van der Waals surface area (Å²) in [6.45, 7) is 7.50. The maximum Gasteiger partial charge on any atom is 0.310 e. The molecule has 4 aromatic carbocycles. The molecule has 2 aliphatic heterocycles. The average Bonchev–Trinajstić information content (AvgIpc) is 3.98. The highest BCUT2D eigenvalue weighted by Gasteiger charge is 2.40. The van der Waals surface area contributed by atoms with E-state index in [1.807, 2.05) is 66.3 Å². The average molecular weight is 727 g/mol. The van der Waals surface area contributed by atoms with E-state index in [4.69, 9.17) is 24.0 Å². The first-order chi connectivity index (χ1) is 26.1. The SMILES string of the molecule is COc1cc(-n2ncc3c(-c4cccc(-c5nc6cc(CN7CC[C@@](C)(C(=O)O)C7)cc(C#N)c6o5)c4C)cccc32)cc(OC)c1CN1CC[C@@H](O)C1. The maximum absolute atomic E-state index is 11.8. The van der Waals surface area contributed by atoms with E-state index in [1.54, 1.807) is 21.1 Å². The second-order valence-corrected chi connectivity index (χ2v) is 14.7. The number of hydrogen-bond acceptors (Lipinski definition) is 10. The van der Waals surface area contributed by atoms with Crippen molar-refractivity contribution < 1.29 is 28.9 Å². The number of likely N-dealkylation sites (tertiary alicyclic amines) is 2. The van der Waals surface area contributed by atoms with Gasteiger partial charge in [0.25, 0.3) is 0 Å². The third-order valence-electron chi connectivity index (χ3n) is 11.1. The van der Waals surface area contributed by atoms with Crippen LogP contribution in [0.15, 0.2) is 71.3 Å². The predicted molar refractivity (Wildman–Crippen MR) is 204 cm³/mol. The second-order valence-electron chi connectivity index (χ2n) is 14.7. The van der Waals surface area contributed by atoms with Crippen LogP contribution in [0.2, 0.25) is 0 Å². The number of ether oxygens (including phenoxy) is 2.